The van der Waals surface area contributed by atoms with E-state index in [9.17, 15) is 13.2 Å². The third-order valence-electron chi connectivity index (χ3n) is 3.01. The lowest BCUT2D eigenvalue weighted by atomic mass is 10.2. The summed E-state index contributed by atoms with van der Waals surface area (Å²) in [5.74, 6) is -0.485. The second kappa shape index (κ2) is 16.0. The third kappa shape index (κ3) is 23.5. The summed E-state index contributed by atoms with van der Waals surface area (Å²) < 4.78 is 27.6. The van der Waals surface area contributed by atoms with E-state index in [1.165, 1.54) is 44.8 Å². The highest BCUT2D eigenvalue weighted by Crippen LogP contribution is 2.00. The molecule has 0 aromatic heterocycles. The standard InChI is InChI=1S/C13H26N2O.C3H8O3S/c1-3-5-10-15(11-6-4-2)12-8-7-9-13(14)16;1-2-3-7(4,5)6/h7,9H,3-6,8,10-12H2,1-2H3,(H2,14,16);2-3H2,1H3,(H,4,5,6). The summed E-state index contributed by atoms with van der Waals surface area (Å²) in [7, 11) is -3.67. The molecule has 3 N–H and O–H groups in total. The maximum atomic E-state index is 10.5. The normalized spacial score (nSPS) is 11.5. The number of hydrogen-bond acceptors (Lipinski definition) is 4. The van der Waals surface area contributed by atoms with E-state index < -0.39 is 10.1 Å². The minimum absolute atomic E-state index is 0.132. The minimum Gasteiger partial charge on any atom is -0.366 e. The van der Waals surface area contributed by atoms with Crippen LogP contribution in [0.2, 0.25) is 0 Å². The molecule has 6 nitrogen and oxygen atoms in total. The second-order valence-electron chi connectivity index (χ2n) is 5.43. The van der Waals surface area contributed by atoms with Gasteiger partial charge in [-0.05, 0) is 44.8 Å². The van der Waals surface area contributed by atoms with Gasteiger partial charge in [0.15, 0.2) is 0 Å². The largest absolute Gasteiger partial charge is 0.366 e. The highest BCUT2D eigenvalue weighted by Gasteiger charge is 2.02. The Morgan fingerprint density at radius 1 is 1.04 bits per heavy atom. The third-order valence-corrected chi connectivity index (χ3v) is 3.94. The molecule has 0 bridgehead atoms. The second-order valence-corrected chi connectivity index (χ2v) is 7.00. The molecule has 0 aliphatic heterocycles. The van der Waals surface area contributed by atoms with Gasteiger partial charge in [0.25, 0.3) is 10.1 Å². The summed E-state index contributed by atoms with van der Waals surface area (Å²) in [4.78, 5) is 13.0. The van der Waals surface area contributed by atoms with Crippen molar-refractivity contribution >= 4 is 16.0 Å². The molecule has 0 spiro atoms. The first-order valence-electron chi connectivity index (χ1n) is 8.40. The molecule has 0 saturated carbocycles. The summed E-state index contributed by atoms with van der Waals surface area (Å²) in [5, 5.41) is 0. The first-order chi connectivity index (χ1) is 10.8. The highest BCUT2D eigenvalue weighted by atomic mass is 32.2. The molecule has 0 fully saturated rings. The Bertz CT molecular complexity index is 400. The van der Waals surface area contributed by atoms with Crippen molar-refractivity contribution in [1.82, 2.24) is 4.90 Å². The zero-order valence-corrected chi connectivity index (χ0v) is 15.6. The van der Waals surface area contributed by atoms with Crippen LogP contribution in [-0.4, -0.2) is 49.2 Å². The van der Waals surface area contributed by atoms with Gasteiger partial charge in [0.05, 0.1) is 5.75 Å². The lowest BCUT2D eigenvalue weighted by Gasteiger charge is -2.20. The SMILES string of the molecule is CCCCN(CCC=CC(N)=O)CCCC.CCCS(=O)(=O)O. The van der Waals surface area contributed by atoms with Gasteiger partial charge in [-0.1, -0.05) is 39.7 Å². The number of primary amides is 1. The van der Waals surface area contributed by atoms with Gasteiger partial charge in [-0.15, -0.1) is 0 Å². The van der Waals surface area contributed by atoms with Crippen LogP contribution in [0.3, 0.4) is 0 Å². The molecule has 1 amide bonds. The number of rotatable bonds is 12. The highest BCUT2D eigenvalue weighted by molar-refractivity contribution is 7.85. The molecular formula is C16H34N2O4S. The van der Waals surface area contributed by atoms with Gasteiger partial charge in [-0.25, -0.2) is 0 Å². The Balaban J connectivity index is 0. The molecule has 0 unspecified atom stereocenters. The van der Waals surface area contributed by atoms with E-state index >= 15 is 0 Å². The fourth-order valence-corrected chi connectivity index (χ4v) is 2.33. The van der Waals surface area contributed by atoms with E-state index in [1.54, 1.807) is 6.92 Å². The fraction of sp³-hybridized carbons (Fsp3) is 0.812. The van der Waals surface area contributed by atoms with Crippen molar-refractivity contribution in [3.63, 3.8) is 0 Å². The molecule has 0 aliphatic rings. The van der Waals surface area contributed by atoms with Gasteiger partial charge in [-0.2, -0.15) is 8.42 Å². The van der Waals surface area contributed by atoms with Crippen molar-refractivity contribution in [3.05, 3.63) is 12.2 Å². The number of carbonyl (C=O) groups is 1. The average molecular weight is 351 g/mol. The quantitative estimate of drug-likeness (QED) is 0.416. The van der Waals surface area contributed by atoms with Gasteiger partial charge in [0, 0.05) is 6.54 Å². The van der Waals surface area contributed by atoms with Crippen LogP contribution in [0.25, 0.3) is 0 Å². The van der Waals surface area contributed by atoms with E-state index in [0.29, 0.717) is 6.42 Å². The molecule has 0 aromatic carbocycles. The Hall–Kier alpha value is -0.920. The van der Waals surface area contributed by atoms with Crippen molar-refractivity contribution in [3.8, 4) is 0 Å². The van der Waals surface area contributed by atoms with Crippen LogP contribution in [0.4, 0.5) is 0 Å². The first kappa shape index (κ1) is 24.3. The van der Waals surface area contributed by atoms with Gasteiger partial charge in [0.2, 0.25) is 5.91 Å². The van der Waals surface area contributed by atoms with E-state index in [4.69, 9.17) is 10.3 Å². The van der Waals surface area contributed by atoms with Crippen molar-refractivity contribution in [1.29, 1.82) is 0 Å². The van der Waals surface area contributed by atoms with E-state index in [-0.39, 0.29) is 11.7 Å². The lowest BCUT2D eigenvalue weighted by molar-refractivity contribution is -0.113. The van der Waals surface area contributed by atoms with Crippen LogP contribution in [-0.2, 0) is 14.9 Å². The number of carbonyl (C=O) groups excluding carboxylic acids is 1. The summed E-state index contributed by atoms with van der Waals surface area (Å²) >= 11 is 0. The predicted molar refractivity (Wildman–Crippen MR) is 95.9 cm³/mol. The smallest absolute Gasteiger partial charge is 0.264 e. The molecule has 0 aromatic rings. The topological polar surface area (TPSA) is 101 Å². The number of nitrogens with two attached hydrogens (primary N) is 1. The number of amides is 1. The molecule has 0 saturated heterocycles. The van der Waals surface area contributed by atoms with Crippen molar-refractivity contribution in [2.24, 2.45) is 5.73 Å². The van der Waals surface area contributed by atoms with E-state index in [2.05, 4.69) is 18.7 Å². The molecule has 138 valence electrons. The Labute approximate surface area is 141 Å². The Kier molecular flexibility index (Phi) is 16.9. The molecule has 0 rings (SSSR count). The maximum Gasteiger partial charge on any atom is 0.264 e. The molecule has 23 heavy (non-hydrogen) atoms. The Morgan fingerprint density at radius 2 is 1.57 bits per heavy atom. The van der Waals surface area contributed by atoms with Crippen LogP contribution in [0.1, 0.15) is 59.3 Å². The van der Waals surface area contributed by atoms with Crippen molar-refractivity contribution in [2.75, 3.05) is 25.4 Å². The predicted octanol–water partition coefficient (Wildman–Crippen LogP) is 2.60. The first-order valence-corrected chi connectivity index (χ1v) is 10.0. The van der Waals surface area contributed by atoms with Gasteiger partial charge < -0.3 is 10.6 Å². The summed E-state index contributed by atoms with van der Waals surface area (Å²) in [6, 6.07) is 0. The Morgan fingerprint density at radius 3 is 1.87 bits per heavy atom. The zero-order valence-electron chi connectivity index (χ0n) is 14.8. The van der Waals surface area contributed by atoms with Gasteiger partial charge in [-0.3, -0.25) is 9.35 Å². The molecular weight excluding hydrogens is 316 g/mol. The molecule has 0 radical (unpaired) electrons. The molecule has 7 heteroatoms. The van der Waals surface area contributed by atoms with Crippen LogP contribution < -0.4 is 5.73 Å². The van der Waals surface area contributed by atoms with Crippen molar-refractivity contribution < 1.29 is 17.8 Å². The van der Waals surface area contributed by atoms with Crippen LogP contribution >= 0.6 is 0 Å². The van der Waals surface area contributed by atoms with Crippen LogP contribution in [0.5, 0.6) is 0 Å². The summed E-state index contributed by atoms with van der Waals surface area (Å²) in [6.45, 7) is 9.48. The molecule has 0 heterocycles. The average Bonchev–Trinajstić information content (AvgIpc) is 2.44. The maximum absolute atomic E-state index is 10.5. The molecule has 0 atom stereocenters. The van der Waals surface area contributed by atoms with Gasteiger partial charge in [0.1, 0.15) is 0 Å². The fourth-order valence-electron chi connectivity index (χ4n) is 1.81. The summed E-state index contributed by atoms with van der Waals surface area (Å²) in [6.07, 6.45) is 9.69. The molecule has 0 aliphatic carbocycles. The van der Waals surface area contributed by atoms with Gasteiger partial charge >= 0.3 is 0 Å². The number of nitrogens with zero attached hydrogens (tertiary/aromatic N) is 1. The van der Waals surface area contributed by atoms with Crippen LogP contribution in [0, 0.1) is 0 Å². The monoisotopic (exact) mass is 350 g/mol. The minimum atomic E-state index is -3.67. The number of hydrogen-bond donors (Lipinski definition) is 2. The lowest BCUT2D eigenvalue weighted by Crippen LogP contribution is -2.27. The number of unbranched alkanes of at least 4 members (excludes halogenated alkanes) is 2. The van der Waals surface area contributed by atoms with Crippen molar-refractivity contribution in [2.45, 2.75) is 59.3 Å². The van der Waals surface area contributed by atoms with Crippen LogP contribution in [0.15, 0.2) is 12.2 Å². The van der Waals surface area contributed by atoms with E-state index in [1.807, 2.05) is 6.08 Å². The summed E-state index contributed by atoms with van der Waals surface area (Å²) in [5.41, 5.74) is 5.03. The zero-order chi connectivity index (χ0) is 18.1. The van der Waals surface area contributed by atoms with E-state index in [0.717, 1.165) is 13.0 Å².